The molecule has 4 nitrogen and oxygen atoms in total. The zero-order valence-corrected chi connectivity index (χ0v) is 13.5. The highest BCUT2D eigenvalue weighted by molar-refractivity contribution is 7.17. The summed E-state index contributed by atoms with van der Waals surface area (Å²) >= 11 is 7.49. The second-order valence-electron chi connectivity index (χ2n) is 4.91. The van der Waals surface area contributed by atoms with Crippen LogP contribution in [-0.4, -0.2) is 19.8 Å². The minimum absolute atomic E-state index is 0.719. The molecule has 0 aliphatic heterocycles. The highest BCUT2D eigenvalue weighted by Crippen LogP contribution is 2.22. The van der Waals surface area contributed by atoms with Crippen LogP contribution < -0.4 is 0 Å². The van der Waals surface area contributed by atoms with Crippen LogP contribution in [-0.2, 0) is 0 Å². The van der Waals surface area contributed by atoms with Gasteiger partial charge in [0.2, 0.25) is 4.96 Å². The van der Waals surface area contributed by atoms with Crippen molar-refractivity contribution in [2.24, 2.45) is 0 Å². The molecule has 0 aliphatic carbocycles. The van der Waals surface area contributed by atoms with Crippen molar-refractivity contribution in [3.8, 4) is 11.4 Å². The van der Waals surface area contributed by atoms with Crippen LogP contribution in [0, 0.1) is 0 Å². The summed E-state index contributed by atoms with van der Waals surface area (Å²) in [5.41, 5.74) is 2.03. The molecule has 4 rings (SSSR count). The Bertz CT molecular complexity index is 988. The Kier molecular flexibility index (Phi) is 3.65. The molecule has 0 amide bonds. The van der Waals surface area contributed by atoms with Crippen LogP contribution in [0.4, 0.5) is 0 Å². The highest BCUT2D eigenvalue weighted by Gasteiger charge is 2.11. The first-order valence-corrected chi connectivity index (χ1v) is 8.20. The number of nitrogens with zero attached hydrogens (tertiary/aromatic N) is 4. The molecule has 2 aromatic carbocycles. The van der Waals surface area contributed by atoms with Crippen molar-refractivity contribution in [2.45, 2.75) is 0 Å². The minimum Gasteiger partial charge on any atom is -0.182 e. The van der Waals surface area contributed by atoms with Gasteiger partial charge < -0.3 is 0 Å². The molecule has 0 saturated carbocycles. The summed E-state index contributed by atoms with van der Waals surface area (Å²) in [6, 6.07) is 17.6. The molecule has 2 aromatic heterocycles. The van der Waals surface area contributed by atoms with E-state index >= 15 is 0 Å². The van der Waals surface area contributed by atoms with Crippen LogP contribution in [0.2, 0.25) is 5.02 Å². The number of benzene rings is 2. The lowest BCUT2D eigenvalue weighted by atomic mass is 10.2. The largest absolute Gasteiger partial charge is 0.235 e. The summed E-state index contributed by atoms with van der Waals surface area (Å²) < 4.78 is 1.78. The van der Waals surface area contributed by atoms with E-state index in [-0.39, 0.29) is 0 Å². The molecule has 4 aromatic rings. The zero-order valence-electron chi connectivity index (χ0n) is 11.9. The van der Waals surface area contributed by atoms with E-state index in [1.165, 1.54) is 11.3 Å². The molecule has 0 saturated heterocycles. The second-order valence-corrected chi connectivity index (χ2v) is 6.34. The molecule has 0 bridgehead atoms. The Morgan fingerprint density at radius 2 is 1.83 bits per heavy atom. The van der Waals surface area contributed by atoms with E-state index in [0.717, 1.165) is 31.9 Å². The molecule has 23 heavy (non-hydrogen) atoms. The van der Waals surface area contributed by atoms with E-state index in [0.29, 0.717) is 0 Å². The Labute approximate surface area is 141 Å². The fourth-order valence-electron chi connectivity index (χ4n) is 2.24. The van der Waals surface area contributed by atoms with Gasteiger partial charge in [0.1, 0.15) is 5.01 Å². The van der Waals surface area contributed by atoms with Crippen molar-refractivity contribution in [3.05, 3.63) is 70.2 Å². The lowest BCUT2D eigenvalue weighted by Crippen LogP contribution is -1.90. The average molecular weight is 339 g/mol. The van der Waals surface area contributed by atoms with Gasteiger partial charge in [-0.2, -0.15) is 9.61 Å². The van der Waals surface area contributed by atoms with Gasteiger partial charge in [0, 0.05) is 10.6 Å². The third-order valence-electron chi connectivity index (χ3n) is 3.31. The summed E-state index contributed by atoms with van der Waals surface area (Å²) in [5, 5.41) is 14.6. The molecule has 0 aliphatic rings. The van der Waals surface area contributed by atoms with Crippen LogP contribution in [0.1, 0.15) is 10.6 Å². The summed E-state index contributed by atoms with van der Waals surface area (Å²) in [6.07, 6.45) is 3.94. The van der Waals surface area contributed by atoms with E-state index in [1.54, 1.807) is 4.52 Å². The minimum atomic E-state index is 0.719. The first kappa shape index (κ1) is 14.1. The number of hydrogen-bond acceptors (Lipinski definition) is 4. The lowest BCUT2D eigenvalue weighted by molar-refractivity contribution is 0.960. The van der Waals surface area contributed by atoms with Gasteiger partial charge in [-0.3, -0.25) is 0 Å². The molecular formula is C17H11ClN4S. The fraction of sp³-hybridized carbons (Fsp3) is 0. The molecule has 112 valence electrons. The molecule has 0 spiro atoms. The van der Waals surface area contributed by atoms with E-state index in [1.807, 2.05) is 66.7 Å². The zero-order chi connectivity index (χ0) is 15.6. The van der Waals surface area contributed by atoms with E-state index in [9.17, 15) is 0 Å². The van der Waals surface area contributed by atoms with Gasteiger partial charge in [-0.1, -0.05) is 71.5 Å². The standard InChI is InChI=1S/C17H11ClN4S/c18-14-8-4-5-12(11-14)9-10-15-21-22-16(19-20-17(22)23-15)13-6-2-1-3-7-13/h1-11H. The van der Waals surface area contributed by atoms with Crippen molar-refractivity contribution in [1.82, 2.24) is 19.8 Å². The van der Waals surface area contributed by atoms with Crippen LogP contribution in [0.25, 0.3) is 28.5 Å². The van der Waals surface area contributed by atoms with E-state index in [2.05, 4.69) is 15.3 Å². The van der Waals surface area contributed by atoms with Crippen molar-refractivity contribution < 1.29 is 0 Å². The van der Waals surface area contributed by atoms with Gasteiger partial charge in [-0.25, -0.2) is 0 Å². The summed E-state index contributed by atoms with van der Waals surface area (Å²) in [7, 11) is 0. The van der Waals surface area contributed by atoms with Crippen LogP contribution in [0.3, 0.4) is 0 Å². The number of rotatable bonds is 3. The van der Waals surface area contributed by atoms with Crippen LogP contribution >= 0.6 is 22.9 Å². The van der Waals surface area contributed by atoms with Crippen molar-refractivity contribution >= 4 is 40.1 Å². The van der Waals surface area contributed by atoms with Gasteiger partial charge in [-0.15, -0.1) is 10.2 Å². The summed E-state index contributed by atoms with van der Waals surface area (Å²) in [6.45, 7) is 0. The first-order chi connectivity index (χ1) is 11.3. The fourth-order valence-corrected chi connectivity index (χ4v) is 3.18. The number of hydrogen-bond donors (Lipinski definition) is 0. The average Bonchev–Trinajstić information content (AvgIpc) is 3.14. The van der Waals surface area contributed by atoms with Crippen LogP contribution in [0.15, 0.2) is 54.6 Å². The van der Waals surface area contributed by atoms with Gasteiger partial charge in [-0.05, 0) is 23.8 Å². The molecule has 0 radical (unpaired) electrons. The Morgan fingerprint density at radius 3 is 2.65 bits per heavy atom. The van der Waals surface area contributed by atoms with Crippen molar-refractivity contribution in [1.29, 1.82) is 0 Å². The quantitative estimate of drug-likeness (QED) is 0.545. The number of aromatic nitrogens is 4. The normalized spacial score (nSPS) is 11.5. The molecule has 0 unspecified atom stereocenters. The second kappa shape index (κ2) is 5.95. The predicted molar refractivity (Wildman–Crippen MR) is 94.5 cm³/mol. The van der Waals surface area contributed by atoms with Crippen LogP contribution in [0.5, 0.6) is 0 Å². The van der Waals surface area contributed by atoms with Crippen molar-refractivity contribution in [3.63, 3.8) is 0 Å². The smallest absolute Gasteiger partial charge is 0.182 e. The first-order valence-electron chi connectivity index (χ1n) is 7.01. The Morgan fingerprint density at radius 1 is 0.957 bits per heavy atom. The van der Waals surface area contributed by atoms with Gasteiger partial charge in [0.25, 0.3) is 0 Å². The molecule has 2 heterocycles. The third kappa shape index (κ3) is 2.88. The summed E-state index contributed by atoms with van der Waals surface area (Å²) in [4.78, 5) is 0.773. The van der Waals surface area contributed by atoms with Gasteiger partial charge in [0.05, 0.1) is 0 Å². The Hall–Kier alpha value is -2.50. The monoisotopic (exact) mass is 338 g/mol. The lowest BCUT2D eigenvalue weighted by Gasteiger charge is -1.95. The molecule has 6 heteroatoms. The van der Waals surface area contributed by atoms with Gasteiger partial charge >= 0.3 is 0 Å². The third-order valence-corrected chi connectivity index (χ3v) is 4.40. The van der Waals surface area contributed by atoms with Gasteiger partial charge in [0.15, 0.2) is 5.82 Å². The predicted octanol–water partition coefficient (Wildman–Crippen LogP) is 4.68. The molecule has 0 atom stereocenters. The van der Waals surface area contributed by atoms with E-state index in [4.69, 9.17) is 11.6 Å². The molecule has 0 N–H and O–H groups in total. The maximum Gasteiger partial charge on any atom is 0.235 e. The SMILES string of the molecule is Clc1cccc(C=Cc2nn3c(-c4ccccc4)nnc3s2)c1. The molecule has 0 fully saturated rings. The summed E-state index contributed by atoms with van der Waals surface area (Å²) in [5.74, 6) is 0.749. The number of fused-ring (bicyclic) bond motifs is 1. The van der Waals surface area contributed by atoms with Crippen molar-refractivity contribution in [2.75, 3.05) is 0 Å². The topological polar surface area (TPSA) is 43.1 Å². The maximum absolute atomic E-state index is 5.99. The maximum atomic E-state index is 5.99. The highest BCUT2D eigenvalue weighted by atomic mass is 35.5. The Balaban J connectivity index is 1.69. The number of halogens is 1. The molecular weight excluding hydrogens is 328 g/mol. The van der Waals surface area contributed by atoms with E-state index < -0.39 is 0 Å².